The number of nitrogens with zero attached hydrogens (tertiary/aromatic N) is 1. The molecule has 5 nitrogen and oxygen atoms in total. The van der Waals surface area contributed by atoms with Gasteiger partial charge in [-0.2, -0.15) is 0 Å². The normalized spacial score (nSPS) is 13.6. The van der Waals surface area contributed by atoms with Crippen LogP contribution in [-0.2, 0) is 16.1 Å². The van der Waals surface area contributed by atoms with E-state index in [0.717, 1.165) is 16.5 Å². The Morgan fingerprint density at radius 3 is 2.29 bits per heavy atom. The lowest BCUT2D eigenvalue weighted by Gasteiger charge is -2.16. The minimum Gasteiger partial charge on any atom is -0.497 e. The van der Waals surface area contributed by atoms with Gasteiger partial charge in [0.25, 0.3) is 11.8 Å². The van der Waals surface area contributed by atoms with Crippen molar-refractivity contribution in [3.8, 4) is 5.75 Å². The number of rotatable bonds is 6. The van der Waals surface area contributed by atoms with Gasteiger partial charge in [0.05, 0.1) is 19.2 Å². The van der Waals surface area contributed by atoms with Crippen LogP contribution in [0.5, 0.6) is 5.75 Å². The average Bonchev–Trinajstić information content (AvgIpc) is 3.10. The van der Waals surface area contributed by atoms with Crippen LogP contribution in [0.2, 0.25) is 5.02 Å². The first-order chi connectivity index (χ1) is 16.6. The molecule has 0 saturated heterocycles. The van der Waals surface area contributed by atoms with Crippen molar-refractivity contribution in [3.05, 3.63) is 113 Å². The number of hydrogen-bond acceptors (Lipinski definition) is 4. The molecular weight excluding hydrogens is 448 g/mol. The Bertz CT molecular complexity index is 1440. The molecule has 1 aliphatic rings. The molecule has 4 aromatic rings. The monoisotopic (exact) mass is 468 g/mol. The lowest BCUT2D eigenvalue weighted by atomic mass is 10.0. The number of amides is 2. The molecule has 0 bridgehead atoms. The second kappa shape index (κ2) is 9.04. The topological polar surface area (TPSA) is 58.6 Å². The Balaban J connectivity index is 1.60. The first-order valence-corrected chi connectivity index (χ1v) is 11.2. The SMILES string of the molecule is COc1ccc(C2=C(Nc3cccc4ccccc34)C(=O)N(Cc3ccccc3Cl)C2=O)cc1. The van der Waals surface area contributed by atoms with Gasteiger partial charge in [-0.25, -0.2) is 0 Å². The van der Waals surface area contributed by atoms with Crippen molar-refractivity contribution >= 4 is 45.4 Å². The van der Waals surface area contributed by atoms with Crippen LogP contribution in [0.3, 0.4) is 0 Å². The van der Waals surface area contributed by atoms with Crippen molar-refractivity contribution in [1.29, 1.82) is 0 Å². The van der Waals surface area contributed by atoms with Crippen LogP contribution in [0.25, 0.3) is 16.3 Å². The molecule has 1 heterocycles. The number of nitrogens with one attached hydrogen (secondary N) is 1. The fourth-order valence-electron chi connectivity index (χ4n) is 4.13. The van der Waals surface area contributed by atoms with E-state index in [-0.39, 0.29) is 18.1 Å². The van der Waals surface area contributed by atoms with Gasteiger partial charge >= 0.3 is 0 Å². The minimum atomic E-state index is -0.399. The molecule has 1 aliphatic heterocycles. The summed E-state index contributed by atoms with van der Waals surface area (Å²) in [6.07, 6.45) is 0. The molecule has 0 atom stereocenters. The molecule has 34 heavy (non-hydrogen) atoms. The number of carbonyl (C=O) groups excluding carboxylic acids is 2. The number of anilines is 1. The Labute approximate surface area is 202 Å². The van der Waals surface area contributed by atoms with Crippen LogP contribution in [0.1, 0.15) is 11.1 Å². The summed E-state index contributed by atoms with van der Waals surface area (Å²) in [5, 5.41) is 5.77. The van der Waals surface area contributed by atoms with E-state index in [1.54, 1.807) is 37.4 Å². The van der Waals surface area contributed by atoms with Gasteiger partial charge in [0.2, 0.25) is 0 Å². The van der Waals surface area contributed by atoms with Gasteiger partial charge in [-0.05, 0) is 40.8 Å². The van der Waals surface area contributed by atoms with E-state index >= 15 is 0 Å². The lowest BCUT2D eigenvalue weighted by Crippen LogP contribution is -2.32. The summed E-state index contributed by atoms with van der Waals surface area (Å²) < 4.78 is 5.26. The highest BCUT2D eigenvalue weighted by Crippen LogP contribution is 2.34. The van der Waals surface area contributed by atoms with Crippen molar-refractivity contribution in [1.82, 2.24) is 4.90 Å². The first kappa shape index (κ1) is 21.7. The summed E-state index contributed by atoms with van der Waals surface area (Å²) in [4.78, 5) is 28.4. The van der Waals surface area contributed by atoms with Crippen molar-refractivity contribution in [2.75, 3.05) is 12.4 Å². The fourth-order valence-corrected chi connectivity index (χ4v) is 4.32. The third-order valence-electron chi connectivity index (χ3n) is 5.88. The third-order valence-corrected chi connectivity index (χ3v) is 6.25. The molecule has 5 rings (SSSR count). The van der Waals surface area contributed by atoms with E-state index in [2.05, 4.69) is 5.32 Å². The van der Waals surface area contributed by atoms with Gasteiger partial charge in [0.1, 0.15) is 11.4 Å². The average molecular weight is 469 g/mol. The summed E-state index contributed by atoms with van der Waals surface area (Å²) in [7, 11) is 1.58. The molecule has 2 amide bonds. The number of ether oxygens (including phenoxy) is 1. The predicted molar refractivity (Wildman–Crippen MR) is 134 cm³/mol. The van der Waals surface area contributed by atoms with E-state index < -0.39 is 5.91 Å². The van der Waals surface area contributed by atoms with Crippen molar-refractivity contribution in [3.63, 3.8) is 0 Å². The maximum atomic E-state index is 13.6. The van der Waals surface area contributed by atoms with Gasteiger partial charge in [-0.15, -0.1) is 0 Å². The summed E-state index contributed by atoms with van der Waals surface area (Å²) in [5.74, 6) is -0.112. The van der Waals surface area contributed by atoms with E-state index in [1.807, 2.05) is 60.7 Å². The molecule has 0 aliphatic carbocycles. The fraction of sp³-hybridized carbons (Fsp3) is 0.0714. The second-order valence-corrected chi connectivity index (χ2v) is 8.33. The Morgan fingerprint density at radius 2 is 1.53 bits per heavy atom. The highest BCUT2D eigenvalue weighted by Gasteiger charge is 2.39. The summed E-state index contributed by atoms with van der Waals surface area (Å²) in [5.41, 5.74) is 2.63. The van der Waals surface area contributed by atoms with Crippen molar-refractivity contribution < 1.29 is 14.3 Å². The van der Waals surface area contributed by atoms with Crippen LogP contribution >= 0.6 is 11.6 Å². The zero-order valence-corrected chi connectivity index (χ0v) is 19.2. The van der Waals surface area contributed by atoms with Gasteiger partial charge in [-0.1, -0.05) is 78.3 Å². The quantitative estimate of drug-likeness (QED) is 0.358. The Hall–Kier alpha value is -4.09. The molecule has 0 fully saturated rings. The first-order valence-electron chi connectivity index (χ1n) is 10.8. The second-order valence-electron chi connectivity index (χ2n) is 7.92. The van der Waals surface area contributed by atoms with Crippen molar-refractivity contribution in [2.45, 2.75) is 6.54 Å². The highest BCUT2D eigenvalue weighted by molar-refractivity contribution is 6.37. The summed E-state index contributed by atoms with van der Waals surface area (Å²) in [6.45, 7) is 0.0811. The molecular formula is C28H21ClN2O3. The number of imide groups is 1. The minimum absolute atomic E-state index is 0.0811. The zero-order valence-electron chi connectivity index (χ0n) is 18.4. The molecule has 0 saturated carbocycles. The molecule has 4 aromatic carbocycles. The number of fused-ring (bicyclic) bond motifs is 1. The van der Waals surface area contributed by atoms with Crippen LogP contribution in [0.15, 0.2) is 96.7 Å². The molecule has 168 valence electrons. The number of carbonyl (C=O) groups is 2. The standard InChI is InChI=1S/C28H21ClN2O3/c1-34-21-15-13-19(14-16-21)25-26(30-24-12-6-9-18-7-2-4-10-22(18)24)28(33)31(27(25)32)17-20-8-3-5-11-23(20)29/h2-16,30H,17H2,1H3. The molecule has 6 heteroatoms. The number of halogens is 1. The van der Waals surface area contributed by atoms with E-state index in [9.17, 15) is 9.59 Å². The van der Waals surface area contributed by atoms with E-state index in [1.165, 1.54) is 4.90 Å². The smallest absolute Gasteiger partial charge is 0.278 e. The number of hydrogen-bond donors (Lipinski definition) is 1. The highest BCUT2D eigenvalue weighted by atomic mass is 35.5. The summed E-state index contributed by atoms with van der Waals surface area (Å²) >= 11 is 6.32. The van der Waals surface area contributed by atoms with Gasteiger partial charge < -0.3 is 10.1 Å². The zero-order chi connectivity index (χ0) is 23.7. The predicted octanol–water partition coefficient (Wildman–Crippen LogP) is 5.89. The van der Waals surface area contributed by atoms with Crippen LogP contribution in [0.4, 0.5) is 5.69 Å². The van der Waals surface area contributed by atoms with E-state index in [4.69, 9.17) is 16.3 Å². The molecule has 0 spiro atoms. The largest absolute Gasteiger partial charge is 0.497 e. The lowest BCUT2D eigenvalue weighted by molar-refractivity contribution is -0.137. The van der Waals surface area contributed by atoms with Crippen molar-refractivity contribution in [2.24, 2.45) is 0 Å². The Kier molecular flexibility index (Phi) is 5.78. The maximum Gasteiger partial charge on any atom is 0.278 e. The third kappa shape index (κ3) is 3.91. The van der Waals surface area contributed by atoms with Crippen LogP contribution in [-0.4, -0.2) is 23.8 Å². The number of benzene rings is 4. The molecule has 0 aromatic heterocycles. The van der Waals surface area contributed by atoms with E-state index in [0.29, 0.717) is 27.5 Å². The maximum absolute atomic E-state index is 13.6. The van der Waals surface area contributed by atoms with Gasteiger partial charge in [0, 0.05) is 16.1 Å². The molecule has 0 unspecified atom stereocenters. The van der Waals surface area contributed by atoms with Crippen LogP contribution < -0.4 is 10.1 Å². The number of methoxy groups -OCH3 is 1. The summed E-state index contributed by atoms with van der Waals surface area (Å²) in [6, 6.07) is 28.0. The molecule has 1 N–H and O–H groups in total. The van der Waals surface area contributed by atoms with Crippen LogP contribution in [0, 0.1) is 0 Å². The van der Waals surface area contributed by atoms with Gasteiger partial charge in [-0.3, -0.25) is 14.5 Å². The van der Waals surface area contributed by atoms with Gasteiger partial charge in [0.15, 0.2) is 0 Å². The Morgan fingerprint density at radius 1 is 0.824 bits per heavy atom. The molecule has 0 radical (unpaired) electrons.